The molecule has 4 rings (SSSR count). The predicted molar refractivity (Wildman–Crippen MR) is 115 cm³/mol. The van der Waals surface area contributed by atoms with E-state index in [1.807, 2.05) is 0 Å². The van der Waals surface area contributed by atoms with Crippen molar-refractivity contribution in [3.8, 4) is 5.69 Å². The molecule has 0 radical (unpaired) electrons. The van der Waals surface area contributed by atoms with Gasteiger partial charge in [0.1, 0.15) is 11.6 Å². The van der Waals surface area contributed by atoms with E-state index in [1.54, 1.807) is 25.1 Å². The highest BCUT2D eigenvalue weighted by atomic mass is 35.5. The largest absolute Gasteiger partial charge is 0.382 e. The maximum atomic E-state index is 13.5. The van der Waals surface area contributed by atoms with E-state index in [4.69, 9.17) is 17.3 Å². The van der Waals surface area contributed by atoms with Crippen LogP contribution in [0.5, 0.6) is 0 Å². The Morgan fingerprint density at radius 1 is 1.16 bits per heavy atom. The lowest BCUT2D eigenvalue weighted by atomic mass is 10.2. The zero-order valence-electron chi connectivity index (χ0n) is 16.2. The Hall–Kier alpha value is -3.85. The summed E-state index contributed by atoms with van der Waals surface area (Å²) >= 11 is 6.25. The molecule has 1 amide bonds. The third kappa shape index (κ3) is 3.82. The van der Waals surface area contributed by atoms with E-state index in [1.165, 1.54) is 41.2 Å². The molecule has 1 unspecified atom stereocenters. The SMILES string of the molecule is CC(NC(=O)c1nccnc1N)c1nc2cccc(Cl)c2c(=O)n1-c1ccc(F)cc1. The number of halogens is 2. The van der Waals surface area contributed by atoms with Crippen molar-refractivity contribution in [3.63, 3.8) is 0 Å². The molecular formula is C21H16ClFN6O2. The monoisotopic (exact) mass is 438 g/mol. The molecule has 0 aliphatic heterocycles. The van der Waals surface area contributed by atoms with E-state index in [2.05, 4.69) is 20.3 Å². The fourth-order valence-corrected chi connectivity index (χ4v) is 3.44. The minimum Gasteiger partial charge on any atom is -0.382 e. The molecule has 0 spiro atoms. The maximum absolute atomic E-state index is 13.5. The number of nitrogens with one attached hydrogen (secondary N) is 1. The first-order chi connectivity index (χ1) is 14.9. The summed E-state index contributed by atoms with van der Waals surface area (Å²) in [6.07, 6.45) is 2.72. The first-order valence-electron chi connectivity index (χ1n) is 9.21. The molecule has 3 N–H and O–H groups in total. The van der Waals surface area contributed by atoms with E-state index in [0.717, 1.165) is 0 Å². The number of carbonyl (C=O) groups excluding carboxylic acids is 1. The third-order valence-electron chi connectivity index (χ3n) is 4.63. The van der Waals surface area contributed by atoms with E-state index >= 15 is 0 Å². The Balaban J connectivity index is 1.87. The fraction of sp³-hybridized carbons (Fsp3) is 0.0952. The van der Waals surface area contributed by atoms with Crippen LogP contribution in [0.4, 0.5) is 10.2 Å². The van der Waals surface area contributed by atoms with Crippen LogP contribution in [0.2, 0.25) is 5.02 Å². The molecule has 31 heavy (non-hydrogen) atoms. The van der Waals surface area contributed by atoms with Gasteiger partial charge in [-0.2, -0.15) is 0 Å². The number of nitrogens with two attached hydrogens (primary N) is 1. The van der Waals surface area contributed by atoms with Crippen LogP contribution >= 0.6 is 11.6 Å². The van der Waals surface area contributed by atoms with Gasteiger partial charge in [-0.15, -0.1) is 0 Å². The summed E-state index contributed by atoms with van der Waals surface area (Å²) in [5.41, 5.74) is 5.97. The summed E-state index contributed by atoms with van der Waals surface area (Å²) in [6.45, 7) is 1.66. The molecule has 1 atom stereocenters. The second-order valence-electron chi connectivity index (χ2n) is 6.71. The van der Waals surface area contributed by atoms with Crippen molar-refractivity contribution in [1.82, 2.24) is 24.8 Å². The molecular weight excluding hydrogens is 423 g/mol. The summed E-state index contributed by atoms with van der Waals surface area (Å²) in [6, 6.07) is 9.51. The molecule has 0 bridgehead atoms. The maximum Gasteiger partial charge on any atom is 0.274 e. The Morgan fingerprint density at radius 3 is 2.58 bits per heavy atom. The van der Waals surface area contributed by atoms with Crippen LogP contribution < -0.4 is 16.6 Å². The molecule has 2 aromatic carbocycles. The highest BCUT2D eigenvalue weighted by Gasteiger charge is 2.22. The molecule has 2 aromatic heterocycles. The number of nitrogen functional groups attached to an aromatic ring is 1. The van der Waals surface area contributed by atoms with Gasteiger partial charge in [0.25, 0.3) is 11.5 Å². The third-order valence-corrected chi connectivity index (χ3v) is 4.95. The Morgan fingerprint density at radius 2 is 1.87 bits per heavy atom. The number of amides is 1. The van der Waals surface area contributed by atoms with Gasteiger partial charge < -0.3 is 11.1 Å². The lowest BCUT2D eigenvalue weighted by molar-refractivity contribution is 0.0933. The lowest BCUT2D eigenvalue weighted by Gasteiger charge is -2.20. The minimum absolute atomic E-state index is 0.0265. The second kappa shape index (κ2) is 8.11. The molecule has 4 aromatic rings. The molecule has 0 saturated heterocycles. The van der Waals surface area contributed by atoms with Gasteiger partial charge in [-0.25, -0.2) is 19.3 Å². The number of fused-ring (bicyclic) bond motifs is 1. The van der Waals surface area contributed by atoms with Gasteiger partial charge in [0.15, 0.2) is 11.5 Å². The summed E-state index contributed by atoms with van der Waals surface area (Å²) in [5, 5.41) is 3.18. The quantitative estimate of drug-likeness (QED) is 0.506. The number of aromatic nitrogens is 4. The predicted octanol–water partition coefficient (Wildman–Crippen LogP) is 3.04. The van der Waals surface area contributed by atoms with Crippen LogP contribution in [0, 0.1) is 5.82 Å². The van der Waals surface area contributed by atoms with Crippen molar-refractivity contribution in [2.24, 2.45) is 0 Å². The molecule has 0 aliphatic rings. The van der Waals surface area contributed by atoms with Gasteiger partial charge in [-0.05, 0) is 43.3 Å². The molecule has 10 heteroatoms. The van der Waals surface area contributed by atoms with Crippen molar-refractivity contribution < 1.29 is 9.18 Å². The van der Waals surface area contributed by atoms with Crippen molar-refractivity contribution in [2.45, 2.75) is 13.0 Å². The molecule has 8 nitrogen and oxygen atoms in total. The molecule has 0 fully saturated rings. The summed E-state index contributed by atoms with van der Waals surface area (Å²) in [4.78, 5) is 38.4. The molecule has 0 saturated carbocycles. The van der Waals surface area contributed by atoms with Crippen LogP contribution in [-0.2, 0) is 0 Å². The van der Waals surface area contributed by atoms with Crippen molar-refractivity contribution in [1.29, 1.82) is 0 Å². The topological polar surface area (TPSA) is 116 Å². The molecule has 156 valence electrons. The Kier molecular flexibility index (Phi) is 5.35. The summed E-state index contributed by atoms with van der Waals surface area (Å²) < 4.78 is 14.8. The first kappa shape index (κ1) is 20.4. The average Bonchev–Trinajstić information content (AvgIpc) is 2.74. The number of hydrogen-bond acceptors (Lipinski definition) is 6. The van der Waals surface area contributed by atoms with Crippen LogP contribution in [-0.4, -0.2) is 25.4 Å². The van der Waals surface area contributed by atoms with Crippen molar-refractivity contribution in [2.75, 3.05) is 5.73 Å². The van der Waals surface area contributed by atoms with Crippen LogP contribution in [0.1, 0.15) is 29.3 Å². The van der Waals surface area contributed by atoms with Crippen molar-refractivity contribution in [3.05, 3.63) is 87.6 Å². The lowest BCUT2D eigenvalue weighted by Crippen LogP contribution is -2.34. The van der Waals surface area contributed by atoms with Crippen molar-refractivity contribution >= 4 is 34.2 Å². The smallest absolute Gasteiger partial charge is 0.274 e. The zero-order valence-corrected chi connectivity index (χ0v) is 17.0. The van der Waals surface area contributed by atoms with E-state index in [-0.39, 0.29) is 27.7 Å². The average molecular weight is 439 g/mol. The number of rotatable bonds is 4. The zero-order chi connectivity index (χ0) is 22.1. The van der Waals surface area contributed by atoms with Gasteiger partial charge in [-0.1, -0.05) is 17.7 Å². The normalized spacial score (nSPS) is 12.0. The van der Waals surface area contributed by atoms with Gasteiger partial charge in [0, 0.05) is 12.4 Å². The van der Waals surface area contributed by atoms with Gasteiger partial charge in [0.2, 0.25) is 0 Å². The highest BCUT2D eigenvalue weighted by molar-refractivity contribution is 6.35. The Labute approximate surface area is 180 Å². The second-order valence-corrected chi connectivity index (χ2v) is 7.11. The van der Waals surface area contributed by atoms with Gasteiger partial charge in [0.05, 0.1) is 27.7 Å². The van der Waals surface area contributed by atoms with Crippen LogP contribution in [0.3, 0.4) is 0 Å². The van der Waals surface area contributed by atoms with E-state index < -0.39 is 23.3 Å². The fourth-order valence-electron chi connectivity index (χ4n) is 3.19. The first-order valence-corrected chi connectivity index (χ1v) is 9.59. The number of nitrogens with zero attached hydrogens (tertiary/aromatic N) is 4. The number of carbonyl (C=O) groups is 1. The number of hydrogen-bond donors (Lipinski definition) is 2. The van der Waals surface area contributed by atoms with Gasteiger partial charge >= 0.3 is 0 Å². The van der Waals surface area contributed by atoms with E-state index in [9.17, 15) is 14.0 Å². The summed E-state index contributed by atoms with van der Waals surface area (Å²) in [7, 11) is 0. The standard InChI is InChI=1S/C21H16ClFN6O2/c1-11(27-20(30)17-18(24)26-10-9-25-17)19-28-15-4-2-3-14(22)16(15)21(31)29(19)13-7-5-12(23)6-8-13/h2-11H,1H3,(H2,24,26)(H,27,30). The van der Waals surface area contributed by atoms with Crippen LogP contribution in [0.25, 0.3) is 16.6 Å². The Bertz CT molecular complexity index is 1360. The summed E-state index contributed by atoms with van der Waals surface area (Å²) in [5.74, 6) is -0.836. The molecule has 0 aliphatic carbocycles. The molecule has 2 heterocycles. The minimum atomic E-state index is -0.741. The van der Waals surface area contributed by atoms with Crippen LogP contribution in [0.15, 0.2) is 59.7 Å². The highest BCUT2D eigenvalue weighted by Crippen LogP contribution is 2.23. The number of benzene rings is 2. The number of anilines is 1. The van der Waals surface area contributed by atoms with E-state index in [0.29, 0.717) is 11.2 Å². The van der Waals surface area contributed by atoms with Gasteiger partial charge in [-0.3, -0.25) is 14.2 Å².